The van der Waals surface area contributed by atoms with Gasteiger partial charge in [-0.25, -0.2) is 8.78 Å². The number of anilines is 1. The molecule has 2 N–H and O–H groups in total. The first kappa shape index (κ1) is 17.1. The average molecular weight is 328 g/mol. The van der Waals surface area contributed by atoms with E-state index in [2.05, 4.69) is 0 Å². The smallest absolute Gasteiger partial charge is 0.322 e. The Morgan fingerprint density at radius 3 is 2.48 bits per heavy atom. The molecule has 1 aliphatic rings. The standard InChI is InChI=1S/C15H18F2N2O4/c1-15(2)8-19(3-4-23-15)9-5-10(16)13(11(17)6-9)14(22)18-7-12(20)21/h5-6H,3-4,7-8H2,1-2H3,(H,18,22)(H,20,21). The van der Waals surface area contributed by atoms with Crippen molar-refractivity contribution in [1.82, 2.24) is 5.32 Å². The number of carbonyl (C=O) groups excluding carboxylic acids is 1. The Hall–Kier alpha value is -2.22. The molecule has 1 saturated heterocycles. The molecule has 1 aliphatic heterocycles. The van der Waals surface area contributed by atoms with Crippen LogP contribution in [0.15, 0.2) is 12.1 Å². The molecule has 0 bridgehead atoms. The predicted octanol–water partition coefficient (Wildman–Crippen LogP) is 1.39. The summed E-state index contributed by atoms with van der Waals surface area (Å²) in [5.74, 6) is -4.47. The Labute approximate surface area is 132 Å². The molecule has 0 saturated carbocycles. The highest BCUT2D eigenvalue weighted by Gasteiger charge is 2.29. The third-order valence-electron chi connectivity index (χ3n) is 3.44. The second-order valence-electron chi connectivity index (χ2n) is 5.89. The number of halogens is 2. The summed E-state index contributed by atoms with van der Waals surface area (Å²) >= 11 is 0. The van der Waals surface area contributed by atoms with Crippen molar-refractivity contribution in [3.8, 4) is 0 Å². The SMILES string of the molecule is CC1(C)CN(c2cc(F)c(C(=O)NCC(=O)O)c(F)c2)CCO1. The maximum absolute atomic E-state index is 14.1. The Morgan fingerprint density at radius 2 is 1.96 bits per heavy atom. The molecular formula is C15H18F2N2O4. The number of hydrogen-bond acceptors (Lipinski definition) is 4. The van der Waals surface area contributed by atoms with E-state index in [1.807, 2.05) is 19.2 Å². The number of rotatable bonds is 4. The summed E-state index contributed by atoms with van der Waals surface area (Å²) in [4.78, 5) is 23.9. The fourth-order valence-corrected chi connectivity index (χ4v) is 2.44. The van der Waals surface area contributed by atoms with Crippen LogP contribution in [0.5, 0.6) is 0 Å². The summed E-state index contributed by atoms with van der Waals surface area (Å²) < 4.78 is 33.8. The van der Waals surface area contributed by atoms with Crippen LogP contribution in [0.3, 0.4) is 0 Å². The van der Waals surface area contributed by atoms with Gasteiger partial charge in [-0.05, 0) is 26.0 Å². The van der Waals surface area contributed by atoms with Gasteiger partial charge in [-0.1, -0.05) is 0 Å². The Morgan fingerprint density at radius 1 is 1.35 bits per heavy atom. The van der Waals surface area contributed by atoms with Crippen LogP contribution in [0.25, 0.3) is 0 Å². The fourth-order valence-electron chi connectivity index (χ4n) is 2.44. The third kappa shape index (κ3) is 4.16. The molecule has 2 rings (SSSR count). The van der Waals surface area contributed by atoms with Crippen LogP contribution in [-0.4, -0.2) is 48.8 Å². The molecule has 1 aromatic rings. The normalized spacial score (nSPS) is 17.0. The fraction of sp³-hybridized carbons (Fsp3) is 0.467. The van der Waals surface area contributed by atoms with Crippen LogP contribution in [0.4, 0.5) is 14.5 Å². The first-order valence-electron chi connectivity index (χ1n) is 7.07. The van der Waals surface area contributed by atoms with Crippen molar-refractivity contribution in [2.75, 3.05) is 31.1 Å². The van der Waals surface area contributed by atoms with Crippen molar-refractivity contribution in [3.05, 3.63) is 29.3 Å². The van der Waals surface area contributed by atoms with Gasteiger partial charge in [-0.15, -0.1) is 0 Å². The molecule has 0 atom stereocenters. The van der Waals surface area contributed by atoms with E-state index >= 15 is 0 Å². The van der Waals surface area contributed by atoms with E-state index in [9.17, 15) is 18.4 Å². The van der Waals surface area contributed by atoms with Crippen molar-refractivity contribution >= 4 is 17.6 Å². The van der Waals surface area contributed by atoms with E-state index in [0.717, 1.165) is 12.1 Å². The van der Waals surface area contributed by atoms with E-state index in [1.165, 1.54) is 0 Å². The quantitative estimate of drug-likeness (QED) is 0.873. The number of carbonyl (C=O) groups is 2. The summed E-state index contributed by atoms with van der Waals surface area (Å²) in [7, 11) is 0. The minimum Gasteiger partial charge on any atom is -0.480 e. The van der Waals surface area contributed by atoms with Gasteiger partial charge in [-0.2, -0.15) is 0 Å². The summed E-state index contributed by atoms with van der Waals surface area (Å²) in [5, 5.41) is 10.4. The summed E-state index contributed by atoms with van der Waals surface area (Å²) in [6.45, 7) is 4.40. The largest absolute Gasteiger partial charge is 0.480 e. The van der Waals surface area contributed by atoms with Crippen molar-refractivity contribution < 1.29 is 28.2 Å². The molecule has 0 aromatic heterocycles. The van der Waals surface area contributed by atoms with Gasteiger partial charge in [0.05, 0.1) is 12.2 Å². The van der Waals surface area contributed by atoms with E-state index < -0.39 is 41.2 Å². The van der Waals surface area contributed by atoms with Gasteiger partial charge in [-0.3, -0.25) is 9.59 Å². The van der Waals surface area contributed by atoms with Crippen molar-refractivity contribution in [3.63, 3.8) is 0 Å². The zero-order valence-electron chi connectivity index (χ0n) is 12.9. The lowest BCUT2D eigenvalue weighted by molar-refractivity contribution is -0.135. The Bertz CT molecular complexity index is 611. The topological polar surface area (TPSA) is 78.9 Å². The zero-order chi connectivity index (χ0) is 17.2. The van der Waals surface area contributed by atoms with Gasteiger partial charge in [0.15, 0.2) is 0 Å². The predicted molar refractivity (Wildman–Crippen MR) is 78.6 cm³/mol. The molecule has 8 heteroatoms. The molecule has 1 amide bonds. The van der Waals surface area contributed by atoms with Crippen molar-refractivity contribution in [2.24, 2.45) is 0 Å². The van der Waals surface area contributed by atoms with Gasteiger partial charge < -0.3 is 20.1 Å². The van der Waals surface area contributed by atoms with Crippen LogP contribution in [0.1, 0.15) is 24.2 Å². The highest BCUT2D eigenvalue weighted by molar-refractivity contribution is 5.96. The van der Waals surface area contributed by atoms with E-state index in [-0.39, 0.29) is 0 Å². The van der Waals surface area contributed by atoms with Gasteiger partial charge in [0.2, 0.25) is 0 Å². The average Bonchev–Trinajstić information content (AvgIpc) is 2.43. The highest BCUT2D eigenvalue weighted by Crippen LogP contribution is 2.26. The lowest BCUT2D eigenvalue weighted by atomic mass is 10.1. The van der Waals surface area contributed by atoms with E-state index in [4.69, 9.17) is 9.84 Å². The molecule has 23 heavy (non-hydrogen) atoms. The van der Waals surface area contributed by atoms with Crippen molar-refractivity contribution in [1.29, 1.82) is 0 Å². The first-order chi connectivity index (χ1) is 10.7. The van der Waals surface area contributed by atoms with Crippen LogP contribution < -0.4 is 10.2 Å². The van der Waals surface area contributed by atoms with Crippen LogP contribution in [-0.2, 0) is 9.53 Å². The lowest BCUT2D eigenvalue weighted by Gasteiger charge is -2.39. The van der Waals surface area contributed by atoms with Crippen LogP contribution in [0.2, 0.25) is 0 Å². The Balaban J connectivity index is 2.23. The minimum atomic E-state index is -1.30. The minimum absolute atomic E-state index is 0.311. The maximum atomic E-state index is 14.1. The summed E-state index contributed by atoms with van der Waals surface area (Å²) in [6, 6.07) is 2.14. The number of carboxylic acids is 1. The molecule has 0 spiro atoms. The monoisotopic (exact) mass is 328 g/mol. The zero-order valence-corrected chi connectivity index (χ0v) is 12.9. The Kier molecular flexibility index (Phi) is 4.84. The van der Waals surface area contributed by atoms with Crippen LogP contribution >= 0.6 is 0 Å². The third-order valence-corrected chi connectivity index (χ3v) is 3.44. The number of ether oxygens (including phenoxy) is 1. The number of hydrogen-bond donors (Lipinski definition) is 2. The highest BCUT2D eigenvalue weighted by atomic mass is 19.1. The molecule has 1 aromatic carbocycles. The number of aliphatic carboxylic acids is 1. The van der Waals surface area contributed by atoms with E-state index in [1.54, 1.807) is 4.90 Å². The molecule has 0 aliphatic carbocycles. The molecule has 6 nitrogen and oxygen atoms in total. The second kappa shape index (κ2) is 6.49. The van der Waals surface area contributed by atoms with Crippen molar-refractivity contribution in [2.45, 2.75) is 19.4 Å². The number of amides is 1. The molecule has 1 heterocycles. The number of nitrogens with zero attached hydrogens (tertiary/aromatic N) is 1. The molecule has 0 unspecified atom stereocenters. The summed E-state index contributed by atoms with van der Waals surface area (Å²) in [5.41, 5.74) is -0.920. The number of morpholine rings is 1. The van der Waals surface area contributed by atoms with Gasteiger partial charge in [0.1, 0.15) is 23.7 Å². The van der Waals surface area contributed by atoms with E-state index in [0.29, 0.717) is 25.4 Å². The second-order valence-corrected chi connectivity index (χ2v) is 5.89. The summed E-state index contributed by atoms with van der Waals surface area (Å²) in [6.07, 6.45) is 0. The lowest BCUT2D eigenvalue weighted by Crippen LogP contribution is -2.48. The van der Waals surface area contributed by atoms with Crippen LogP contribution in [0, 0.1) is 11.6 Å². The molecule has 1 fully saturated rings. The number of nitrogens with one attached hydrogen (secondary N) is 1. The van der Waals surface area contributed by atoms with Gasteiger partial charge >= 0.3 is 5.97 Å². The van der Waals surface area contributed by atoms with Gasteiger partial charge in [0.25, 0.3) is 5.91 Å². The first-order valence-corrected chi connectivity index (χ1v) is 7.07. The number of benzene rings is 1. The maximum Gasteiger partial charge on any atom is 0.322 e. The number of carboxylic acid groups (broad SMARTS) is 1. The molecule has 126 valence electrons. The molecule has 0 radical (unpaired) electrons. The van der Waals surface area contributed by atoms with Gasteiger partial charge in [0, 0.05) is 18.8 Å². The molecular weight excluding hydrogens is 310 g/mol.